The first-order chi connectivity index (χ1) is 13.6. The Hall–Kier alpha value is -3.41. The number of rotatable bonds is 4. The Bertz CT molecular complexity index is 1060. The number of amides is 3. The van der Waals surface area contributed by atoms with E-state index in [-0.39, 0.29) is 11.9 Å². The molecule has 1 fully saturated rings. The maximum absolute atomic E-state index is 13.1. The first kappa shape index (κ1) is 18.0. The van der Waals surface area contributed by atoms with Crippen LogP contribution in [0.4, 0.5) is 16.2 Å². The number of carbonyl (C=O) groups is 2. The number of para-hydroxylation sites is 1. The van der Waals surface area contributed by atoms with E-state index in [4.69, 9.17) is 0 Å². The van der Waals surface area contributed by atoms with Gasteiger partial charge in [-0.3, -0.25) is 14.7 Å². The zero-order chi connectivity index (χ0) is 19.7. The third-order valence-corrected chi connectivity index (χ3v) is 5.09. The van der Waals surface area contributed by atoms with Crippen molar-refractivity contribution < 1.29 is 9.59 Å². The number of hydrogen-bond acceptors (Lipinski definition) is 3. The fourth-order valence-corrected chi connectivity index (χ4v) is 3.63. The SMILES string of the molecule is CCc1nc2ccccc2c(C(=O)Nc2ccc(N3CCNC3=O)cc2)c1C. The molecule has 0 spiro atoms. The third-order valence-electron chi connectivity index (χ3n) is 5.09. The molecule has 6 nitrogen and oxygen atoms in total. The smallest absolute Gasteiger partial charge is 0.321 e. The predicted molar refractivity (Wildman–Crippen MR) is 111 cm³/mol. The van der Waals surface area contributed by atoms with Crippen LogP contribution in [0.2, 0.25) is 0 Å². The van der Waals surface area contributed by atoms with Gasteiger partial charge in [0.15, 0.2) is 0 Å². The Morgan fingerprint density at radius 3 is 2.61 bits per heavy atom. The highest BCUT2D eigenvalue weighted by Gasteiger charge is 2.21. The van der Waals surface area contributed by atoms with Gasteiger partial charge in [0.05, 0.1) is 11.1 Å². The monoisotopic (exact) mass is 374 g/mol. The van der Waals surface area contributed by atoms with Crippen molar-refractivity contribution >= 4 is 34.2 Å². The normalized spacial score (nSPS) is 13.6. The molecule has 28 heavy (non-hydrogen) atoms. The van der Waals surface area contributed by atoms with Crippen LogP contribution in [0, 0.1) is 6.92 Å². The lowest BCUT2D eigenvalue weighted by Crippen LogP contribution is -2.27. The van der Waals surface area contributed by atoms with Crippen molar-refractivity contribution in [2.24, 2.45) is 0 Å². The molecule has 142 valence electrons. The van der Waals surface area contributed by atoms with E-state index in [1.165, 1.54) is 0 Å². The summed E-state index contributed by atoms with van der Waals surface area (Å²) in [4.78, 5) is 31.2. The van der Waals surface area contributed by atoms with E-state index in [1.54, 1.807) is 4.90 Å². The molecule has 4 rings (SSSR count). The lowest BCUT2D eigenvalue weighted by Gasteiger charge is -2.16. The minimum atomic E-state index is -0.155. The van der Waals surface area contributed by atoms with Gasteiger partial charge in [-0.15, -0.1) is 0 Å². The number of nitrogens with one attached hydrogen (secondary N) is 2. The van der Waals surface area contributed by atoms with Crippen LogP contribution >= 0.6 is 0 Å². The van der Waals surface area contributed by atoms with Crippen LogP contribution in [0.1, 0.15) is 28.5 Å². The first-order valence-corrected chi connectivity index (χ1v) is 9.43. The highest BCUT2D eigenvalue weighted by atomic mass is 16.2. The number of nitrogens with zero attached hydrogens (tertiary/aromatic N) is 2. The summed E-state index contributed by atoms with van der Waals surface area (Å²) >= 11 is 0. The van der Waals surface area contributed by atoms with Gasteiger partial charge >= 0.3 is 6.03 Å². The Morgan fingerprint density at radius 2 is 1.93 bits per heavy atom. The van der Waals surface area contributed by atoms with Crippen LogP contribution in [-0.4, -0.2) is 30.0 Å². The second-order valence-corrected chi connectivity index (χ2v) is 6.81. The number of aryl methyl sites for hydroxylation is 1. The number of pyridine rings is 1. The zero-order valence-corrected chi connectivity index (χ0v) is 16.0. The van der Waals surface area contributed by atoms with Crippen molar-refractivity contribution in [3.05, 3.63) is 65.4 Å². The number of urea groups is 1. The maximum Gasteiger partial charge on any atom is 0.321 e. The van der Waals surface area contributed by atoms with Crippen molar-refractivity contribution in [2.75, 3.05) is 23.3 Å². The zero-order valence-electron chi connectivity index (χ0n) is 16.0. The molecule has 2 N–H and O–H groups in total. The summed E-state index contributed by atoms with van der Waals surface area (Å²) in [6, 6.07) is 14.9. The van der Waals surface area contributed by atoms with Crippen LogP contribution in [0.15, 0.2) is 48.5 Å². The van der Waals surface area contributed by atoms with Crippen molar-refractivity contribution in [2.45, 2.75) is 20.3 Å². The van der Waals surface area contributed by atoms with E-state index in [1.807, 2.05) is 62.4 Å². The summed E-state index contributed by atoms with van der Waals surface area (Å²) in [6.07, 6.45) is 0.767. The van der Waals surface area contributed by atoms with E-state index < -0.39 is 0 Å². The summed E-state index contributed by atoms with van der Waals surface area (Å²) in [5, 5.41) is 6.61. The van der Waals surface area contributed by atoms with Crippen LogP contribution < -0.4 is 15.5 Å². The summed E-state index contributed by atoms with van der Waals surface area (Å²) in [6.45, 7) is 5.28. The van der Waals surface area contributed by atoms with Crippen LogP contribution in [0.5, 0.6) is 0 Å². The molecule has 1 aliphatic heterocycles. The van der Waals surface area contributed by atoms with Crippen molar-refractivity contribution in [3.8, 4) is 0 Å². The molecule has 0 saturated carbocycles. The molecule has 3 amide bonds. The molecule has 1 aromatic heterocycles. The minimum Gasteiger partial charge on any atom is -0.336 e. The fourth-order valence-electron chi connectivity index (χ4n) is 3.63. The Kier molecular flexibility index (Phi) is 4.69. The molecule has 0 unspecified atom stereocenters. The minimum absolute atomic E-state index is 0.0947. The van der Waals surface area contributed by atoms with E-state index in [0.29, 0.717) is 24.3 Å². The molecule has 1 saturated heterocycles. The average Bonchev–Trinajstić information content (AvgIpc) is 3.14. The van der Waals surface area contributed by atoms with E-state index >= 15 is 0 Å². The largest absolute Gasteiger partial charge is 0.336 e. The van der Waals surface area contributed by atoms with E-state index in [2.05, 4.69) is 15.6 Å². The van der Waals surface area contributed by atoms with E-state index in [9.17, 15) is 9.59 Å². The predicted octanol–water partition coefficient (Wildman–Crippen LogP) is 3.89. The van der Waals surface area contributed by atoms with Gasteiger partial charge in [-0.1, -0.05) is 25.1 Å². The number of aromatic nitrogens is 1. The van der Waals surface area contributed by atoms with E-state index in [0.717, 1.165) is 34.3 Å². The Morgan fingerprint density at radius 1 is 1.18 bits per heavy atom. The fraction of sp³-hybridized carbons (Fsp3) is 0.227. The lowest BCUT2D eigenvalue weighted by molar-refractivity contribution is 0.102. The first-order valence-electron chi connectivity index (χ1n) is 9.43. The molecule has 6 heteroatoms. The van der Waals surface area contributed by atoms with Crippen molar-refractivity contribution in [3.63, 3.8) is 0 Å². The second-order valence-electron chi connectivity index (χ2n) is 6.81. The molecule has 0 atom stereocenters. The molecular weight excluding hydrogens is 352 g/mol. The number of fused-ring (bicyclic) bond motifs is 1. The molecule has 0 bridgehead atoms. The van der Waals surface area contributed by atoms with Crippen molar-refractivity contribution in [1.82, 2.24) is 10.3 Å². The highest BCUT2D eigenvalue weighted by molar-refractivity contribution is 6.13. The van der Waals surface area contributed by atoms with Crippen LogP contribution in [0.3, 0.4) is 0 Å². The summed E-state index contributed by atoms with van der Waals surface area (Å²) < 4.78 is 0. The molecular formula is C22H22N4O2. The van der Waals surface area contributed by atoms with Crippen LogP contribution in [0.25, 0.3) is 10.9 Å². The average molecular weight is 374 g/mol. The molecule has 2 aromatic carbocycles. The van der Waals surface area contributed by atoms with Crippen molar-refractivity contribution in [1.29, 1.82) is 0 Å². The lowest BCUT2D eigenvalue weighted by atomic mass is 9.99. The van der Waals surface area contributed by atoms with Gasteiger partial charge in [-0.25, -0.2) is 4.79 Å². The van der Waals surface area contributed by atoms with Gasteiger partial charge in [0.2, 0.25) is 0 Å². The number of carbonyl (C=O) groups excluding carboxylic acids is 2. The van der Waals surface area contributed by atoms with Gasteiger partial charge in [0.1, 0.15) is 0 Å². The molecule has 0 aliphatic carbocycles. The van der Waals surface area contributed by atoms with Gasteiger partial charge in [0.25, 0.3) is 5.91 Å². The van der Waals surface area contributed by atoms with Gasteiger partial charge in [0, 0.05) is 35.5 Å². The number of anilines is 2. The maximum atomic E-state index is 13.1. The molecule has 1 aliphatic rings. The van der Waals surface area contributed by atoms with Gasteiger partial charge in [-0.2, -0.15) is 0 Å². The summed E-state index contributed by atoms with van der Waals surface area (Å²) in [5.41, 5.74) is 4.82. The number of hydrogen-bond donors (Lipinski definition) is 2. The molecule has 3 aromatic rings. The molecule has 0 radical (unpaired) electrons. The van der Waals surface area contributed by atoms with Gasteiger partial charge in [-0.05, 0) is 49.2 Å². The Labute approximate surface area is 163 Å². The Balaban J connectivity index is 1.64. The highest BCUT2D eigenvalue weighted by Crippen LogP contribution is 2.25. The standard InChI is InChI=1S/C22H22N4O2/c1-3-18-14(2)20(17-6-4-5-7-19(17)25-18)21(27)24-15-8-10-16(11-9-15)26-13-12-23-22(26)28/h4-11H,3,12-13H2,1-2H3,(H,23,28)(H,24,27). The number of benzene rings is 2. The topological polar surface area (TPSA) is 74.3 Å². The molecule has 2 heterocycles. The van der Waals surface area contributed by atoms with Gasteiger partial charge < -0.3 is 10.6 Å². The van der Waals surface area contributed by atoms with Crippen LogP contribution in [-0.2, 0) is 6.42 Å². The quantitative estimate of drug-likeness (QED) is 0.728. The second kappa shape index (κ2) is 7.31. The third kappa shape index (κ3) is 3.17. The summed E-state index contributed by atoms with van der Waals surface area (Å²) in [7, 11) is 0. The summed E-state index contributed by atoms with van der Waals surface area (Å²) in [5.74, 6) is -0.155.